The number of phenolic OH excluding ortho intramolecular Hbond substituents is 1. The first kappa shape index (κ1) is 24.7. The number of aliphatic hydroxyl groups excluding tert-OH is 1. The summed E-state index contributed by atoms with van der Waals surface area (Å²) in [6.07, 6.45) is 0.406. The Balaban J connectivity index is 2.07. The Morgan fingerprint density at radius 2 is 1.52 bits per heavy atom. The molecular formula is C26H37NO4. The maximum Gasteiger partial charge on any atom is 0.224 e. The fraction of sp³-hybridized carbons (Fsp3) is 0.500. The van der Waals surface area contributed by atoms with Crippen molar-refractivity contribution >= 4 is 11.6 Å². The van der Waals surface area contributed by atoms with Gasteiger partial charge in [0.05, 0.1) is 6.10 Å². The minimum atomic E-state index is -0.531. The van der Waals surface area contributed by atoms with E-state index in [0.29, 0.717) is 30.0 Å². The zero-order chi connectivity index (χ0) is 23.4. The summed E-state index contributed by atoms with van der Waals surface area (Å²) in [4.78, 5) is 12.5. The molecule has 0 aromatic heterocycles. The van der Waals surface area contributed by atoms with Crippen molar-refractivity contribution in [3.63, 3.8) is 0 Å². The van der Waals surface area contributed by atoms with Crippen LogP contribution >= 0.6 is 0 Å². The van der Waals surface area contributed by atoms with Crippen LogP contribution in [0.3, 0.4) is 0 Å². The molecule has 1 atom stereocenters. The second-order valence-corrected chi connectivity index (χ2v) is 10.3. The Hall–Kier alpha value is -2.53. The van der Waals surface area contributed by atoms with Gasteiger partial charge in [-0.3, -0.25) is 4.79 Å². The summed E-state index contributed by atoms with van der Waals surface area (Å²) in [5.41, 5.74) is 3.17. The van der Waals surface area contributed by atoms with Gasteiger partial charge in [-0.25, -0.2) is 0 Å². The number of nitrogens with one attached hydrogen (secondary N) is 1. The first-order valence-corrected chi connectivity index (χ1v) is 10.8. The van der Waals surface area contributed by atoms with Gasteiger partial charge in [0, 0.05) is 12.1 Å². The molecule has 2 rings (SSSR count). The molecule has 0 spiro atoms. The third kappa shape index (κ3) is 7.28. The van der Waals surface area contributed by atoms with E-state index in [1.54, 1.807) is 31.2 Å². The number of aromatic hydroxyl groups is 1. The zero-order valence-electron chi connectivity index (χ0n) is 19.9. The van der Waals surface area contributed by atoms with E-state index in [-0.39, 0.29) is 23.3 Å². The van der Waals surface area contributed by atoms with Crippen molar-refractivity contribution in [2.45, 2.75) is 78.2 Å². The Kier molecular flexibility index (Phi) is 7.77. The molecule has 3 N–H and O–H groups in total. The number of hydrogen-bond acceptors (Lipinski definition) is 4. The van der Waals surface area contributed by atoms with Gasteiger partial charge in [-0.05, 0) is 65.1 Å². The molecule has 1 unspecified atom stereocenters. The monoisotopic (exact) mass is 427 g/mol. The van der Waals surface area contributed by atoms with Gasteiger partial charge in [-0.2, -0.15) is 0 Å². The molecule has 31 heavy (non-hydrogen) atoms. The molecule has 0 saturated carbocycles. The SMILES string of the molecule is CC(O)COc1ccc(NC(=O)CCc2cc(C(C)(C)C)c(O)c(C(C)(C)C)c2)cc1. The number of hydrogen-bond donors (Lipinski definition) is 3. The van der Waals surface area contributed by atoms with Crippen molar-refractivity contribution in [1.29, 1.82) is 0 Å². The summed E-state index contributed by atoms with van der Waals surface area (Å²) in [6, 6.07) is 11.1. The zero-order valence-corrected chi connectivity index (χ0v) is 19.9. The Bertz CT molecular complexity index is 852. The molecule has 5 nitrogen and oxygen atoms in total. The molecule has 5 heteroatoms. The van der Waals surface area contributed by atoms with Crippen LogP contribution in [0, 0.1) is 0 Å². The summed E-state index contributed by atoms with van der Waals surface area (Å²) in [5.74, 6) is 0.929. The van der Waals surface area contributed by atoms with Crippen molar-refractivity contribution in [2.24, 2.45) is 0 Å². The molecule has 0 aliphatic rings. The van der Waals surface area contributed by atoms with Crippen LogP contribution in [0.25, 0.3) is 0 Å². The quantitative estimate of drug-likeness (QED) is 0.559. The topological polar surface area (TPSA) is 78.8 Å². The third-order valence-corrected chi connectivity index (χ3v) is 5.06. The summed E-state index contributed by atoms with van der Waals surface area (Å²) in [5, 5.41) is 23.0. The average molecular weight is 428 g/mol. The summed E-state index contributed by atoms with van der Waals surface area (Å²) in [7, 11) is 0. The van der Waals surface area contributed by atoms with E-state index in [0.717, 1.165) is 16.7 Å². The molecule has 2 aromatic rings. The number of benzene rings is 2. The predicted molar refractivity (Wildman–Crippen MR) is 126 cm³/mol. The second kappa shape index (κ2) is 9.73. The summed E-state index contributed by atoms with van der Waals surface area (Å²) in [6.45, 7) is 14.4. The number of carbonyl (C=O) groups excluding carboxylic acids is 1. The number of rotatable bonds is 7. The van der Waals surface area contributed by atoms with E-state index >= 15 is 0 Å². The van der Waals surface area contributed by atoms with Crippen LogP contribution in [-0.2, 0) is 22.0 Å². The van der Waals surface area contributed by atoms with Crippen LogP contribution in [0.15, 0.2) is 36.4 Å². The third-order valence-electron chi connectivity index (χ3n) is 5.06. The lowest BCUT2D eigenvalue weighted by molar-refractivity contribution is -0.116. The van der Waals surface area contributed by atoms with E-state index in [4.69, 9.17) is 4.74 Å². The van der Waals surface area contributed by atoms with Gasteiger partial charge in [0.25, 0.3) is 0 Å². The molecule has 0 fully saturated rings. The van der Waals surface area contributed by atoms with Crippen molar-refractivity contribution < 1.29 is 19.7 Å². The van der Waals surface area contributed by atoms with Gasteiger partial charge in [0.15, 0.2) is 0 Å². The first-order valence-electron chi connectivity index (χ1n) is 10.8. The molecular weight excluding hydrogens is 390 g/mol. The van der Waals surface area contributed by atoms with Crippen molar-refractivity contribution in [1.82, 2.24) is 0 Å². The molecule has 170 valence electrons. The predicted octanol–water partition coefficient (Wildman–Crippen LogP) is 5.32. The number of amides is 1. The smallest absolute Gasteiger partial charge is 0.224 e. The summed E-state index contributed by atoms with van der Waals surface area (Å²) < 4.78 is 5.44. The van der Waals surface area contributed by atoms with Crippen molar-refractivity contribution in [3.8, 4) is 11.5 Å². The Morgan fingerprint density at radius 3 is 1.97 bits per heavy atom. The van der Waals surface area contributed by atoms with Crippen LogP contribution in [0.4, 0.5) is 5.69 Å². The number of carbonyl (C=O) groups is 1. The molecule has 0 aliphatic heterocycles. The molecule has 2 aromatic carbocycles. The summed E-state index contributed by atoms with van der Waals surface area (Å²) >= 11 is 0. The first-order chi connectivity index (χ1) is 14.3. The highest BCUT2D eigenvalue weighted by Gasteiger charge is 2.26. The molecule has 0 bridgehead atoms. The van der Waals surface area contributed by atoms with Crippen LogP contribution in [0.5, 0.6) is 11.5 Å². The average Bonchev–Trinajstić information content (AvgIpc) is 2.64. The van der Waals surface area contributed by atoms with Crippen molar-refractivity contribution in [3.05, 3.63) is 53.1 Å². The van der Waals surface area contributed by atoms with E-state index in [2.05, 4.69) is 46.9 Å². The molecule has 0 radical (unpaired) electrons. The Labute approximate surface area is 186 Å². The lowest BCUT2D eigenvalue weighted by Crippen LogP contribution is -2.18. The maximum atomic E-state index is 12.5. The molecule has 0 aliphatic carbocycles. The normalized spacial score (nSPS) is 13.0. The Morgan fingerprint density at radius 1 is 1.00 bits per heavy atom. The lowest BCUT2D eigenvalue weighted by Gasteiger charge is -2.28. The van der Waals surface area contributed by atoms with Crippen LogP contribution in [-0.4, -0.2) is 28.8 Å². The number of aryl methyl sites for hydroxylation is 1. The highest BCUT2D eigenvalue weighted by molar-refractivity contribution is 5.90. The van der Waals surface area contributed by atoms with Gasteiger partial charge in [-0.1, -0.05) is 53.7 Å². The van der Waals surface area contributed by atoms with Crippen molar-refractivity contribution in [2.75, 3.05) is 11.9 Å². The van der Waals surface area contributed by atoms with Crippen LogP contribution in [0.1, 0.15) is 71.6 Å². The minimum Gasteiger partial charge on any atom is -0.507 e. The van der Waals surface area contributed by atoms with Crippen LogP contribution < -0.4 is 10.1 Å². The highest BCUT2D eigenvalue weighted by atomic mass is 16.5. The minimum absolute atomic E-state index is 0.0691. The molecule has 0 saturated heterocycles. The van der Waals surface area contributed by atoms with Gasteiger partial charge in [-0.15, -0.1) is 0 Å². The largest absolute Gasteiger partial charge is 0.507 e. The number of anilines is 1. The molecule has 1 amide bonds. The van der Waals surface area contributed by atoms with E-state index < -0.39 is 6.10 Å². The van der Waals surface area contributed by atoms with E-state index in [1.165, 1.54) is 0 Å². The van der Waals surface area contributed by atoms with Gasteiger partial charge < -0.3 is 20.3 Å². The highest BCUT2D eigenvalue weighted by Crippen LogP contribution is 2.40. The van der Waals surface area contributed by atoms with E-state index in [9.17, 15) is 15.0 Å². The maximum absolute atomic E-state index is 12.5. The fourth-order valence-electron chi connectivity index (χ4n) is 3.31. The number of ether oxygens (including phenoxy) is 1. The van der Waals surface area contributed by atoms with Gasteiger partial charge in [0.2, 0.25) is 5.91 Å². The molecule has 0 heterocycles. The lowest BCUT2D eigenvalue weighted by atomic mass is 9.78. The van der Waals surface area contributed by atoms with Crippen LogP contribution in [0.2, 0.25) is 0 Å². The number of aliphatic hydroxyl groups is 1. The van der Waals surface area contributed by atoms with E-state index in [1.807, 2.05) is 12.1 Å². The standard InChI is InChI=1S/C26H37NO4/c1-17(28)16-31-20-11-9-19(10-12-20)27-23(29)13-8-18-14-21(25(2,3)4)24(30)22(15-18)26(5,6)7/h9-12,14-15,17,28,30H,8,13,16H2,1-7H3,(H,27,29). The second-order valence-electron chi connectivity index (χ2n) is 10.3. The van der Waals surface area contributed by atoms with Gasteiger partial charge >= 0.3 is 0 Å². The fourth-order valence-corrected chi connectivity index (χ4v) is 3.31. The number of phenols is 1. The van der Waals surface area contributed by atoms with Gasteiger partial charge in [0.1, 0.15) is 18.1 Å².